The van der Waals surface area contributed by atoms with Crippen LogP contribution in [-0.2, 0) is 19.9 Å². The Morgan fingerprint density at radius 3 is 2.70 bits per heavy atom. The van der Waals surface area contributed by atoms with Crippen LogP contribution in [0.1, 0.15) is 23.9 Å². The summed E-state index contributed by atoms with van der Waals surface area (Å²) in [6.07, 6.45) is 0.166. The molecule has 2 aromatic rings. The molecule has 1 fully saturated rings. The summed E-state index contributed by atoms with van der Waals surface area (Å²) in [6.45, 7) is 1.55. The number of rotatable bonds is 6. The van der Waals surface area contributed by atoms with Crippen LogP contribution in [0.25, 0.3) is 0 Å². The summed E-state index contributed by atoms with van der Waals surface area (Å²) in [5.74, 6) is -1.91. The van der Waals surface area contributed by atoms with Crippen molar-refractivity contribution in [1.29, 1.82) is 0 Å². The van der Waals surface area contributed by atoms with E-state index < -0.39 is 35.5 Å². The fourth-order valence-corrected chi connectivity index (χ4v) is 4.84. The lowest BCUT2D eigenvalue weighted by atomic mass is 9.82. The van der Waals surface area contributed by atoms with Crippen LogP contribution in [0.4, 0.5) is 8.78 Å². The van der Waals surface area contributed by atoms with Gasteiger partial charge in [-0.05, 0) is 24.6 Å². The number of hydrogen-bond acceptors (Lipinski definition) is 8. The summed E-state index contributed by atoms with van der Waals surface area (Å²) in [4.78, 5) is 35.2. The molecule has 174 valence electrons. The number of halogens is 2. The van der Waals surface area contributed by atoms with E-state index >= 15 is 0 Å². The summed E-state index contributed by atoms with van der Waals surface area (Å²) >= 11 is 1.32. The fourth-order valence-electron chi connectivity index (χ4n) is 4.26. The van der Waals surface area contributed by atoms with Gasteiger partial charge in [-0.2, -0.15) is 0 Å². The van der Waals surface area contributed by atoms with Gasteiger partial charge >= 0.3 is 11.9 Å². The molecule has 0 aliphatic carbocycles. The lowest BCUT2D eigenvalue weighted by Crippen LogP contribution is -2.46. The number of carbonyl (C=O) groups excluding carboxylic acids is 1. The molecule has 0 bridgehead atoms. The second-order valence-electron chi connectivity index (χ2n) is 7.96. The molecule has 11 heteroatoms. The number of aromatic nitrogens is 1. The average Bonchev–Trinajstić information content (AvgIpc) is 3.43. The number of carboxylic acid groups (broad SMARTS) is 1. The number of carboxylic acids is 1. The minimum absolute atomic E-state index is 0.0526. The maximum atomic E-state index is 14.1. The third-order valence-corrected chi connectivity index (χ3v) is 6.60. The quantitative estimate of drug-likeness (QED) is 0.618. The number of likely N-dealkylation sites (tertiary alicyclic amines) is 1. The molecule has 1 aromatic heterocycles. The van der Waals surface area contributed by atoms with Crippen LogP contribution >= 0.6 is 11.3 Å². The van der Waals surface area contributed by atoms with E-state index in [1.165, 1.54) is 47.6 Å². The van der Waals surface area contributed by atoms with Gasteiger partial charge in [0.25, 0.3) is 0 Å². The van der Waals surface area contributed by atoms with E-state index in [4.69, 9.17) is 9.73 Å². The molecule has 0 saturated carbocycles. The third kappa shape index (κ3) is 4.38. The van der Waals surface area contributed by atoms with E-state index in [0.29, 0.717) is 22.1 Å². The first-order chi connectivity index (χ1) is 15.7. The molecular formula is C22H22F2N4O4S. The topological polar surface area (TPSA) is 104 Å². The van der Waals surface area contributed by atoms with Crippen LogP contribution in [0.3, 0.4) is 0 Å². The Hall–Kier alpha value is -3.18. The van der Waals surface area contributed by atoms with E-state index in [1.54, 1.807) is 18.5 Å². The highest BCUT2D eigenvalue weighted by molar-refractivity contribution is 7.11. The standard InChI is InChI=1S/C22H22F2N4O4S/c1-22(12-3-5-13(23)6-4-12)17(21(31)32-2)15(26-18(27-22)19-25-7-8-33-19)11-28-10-14(24)9-16(28)20(29)30/h3-8,14,16H,9-11H2,1-2H3,(H,26,27)(H,29,30)/t14-,16+,22?/m1/s1. The summed E-state index contributed by atoms with van der Waals surface area (Å²) < 4.78 is 32.8. The van der Waals surface area contributed by atoms with E-state index in [-0.39, 0.29) is 25.1 Å². The van der Waals surface area contributed by atoms with Crippen molar-refractivity contribution in [3.63, 3.8) is 0 Å². The monoisotopic (exact) mass is 476 g/mol. The van der Waals surface area contributed by atoms with Crippen molar-refractivity contribution in [1.82, 2.24) is 15.2 Å². The van der Waals surface area contributed by atoms with E-state index in [1.807, 2.05) is 0 Å². The van der Waals surface area contributed by atoms with Gasteiger partial charge in [-0.1, -0.05) is 12.1 Å². The first kappa shape index (κ1) is 23.0. The Labute approximate surface area is 192 Å². The molecule has 3 atom stereocenters. The molecule has 1 aromatic carbocycles. The lowest BCUT2D eigenvalue weighted by Gasteiger charge is -2.36. The Morgan fingerprint density at radius 2 is 2.09 bits per heavy atom. The average molecular weight is 477 g/mol. The minimum atomic E-state index is -1.30. The molecule has 0 amide bonds. The van der Waals surface area contributed by atoms with Crippen LogP contribution in [0.5, 0.6) is 0 Å². The van der Waals surface area contributed by atoms with Gasteiger partial charge in [-0.3, -0.25) is 9.69 Å². The molecular weight excluding hydrogens is 454 g/mol. The first-order valence-corrected chi connectivity index (χ1v) is 11.1. The van der Waals surface area contributed by atoms with Crippen LogP contribution in [0.2, 0.25) is 0 Å². The van der Waals surface area contributed by atoms with Gasteiger partial charge in [0.1, 0.15) is 23.6 Å². The van der Waals surface area contributed by atoms with Crippen molar-refractivity contribution in [2.45, 2.75) is 31.1 Å². The number of benzene rings is 1. The molecule has 8 nitrogen and oxygen atoms in total. The lowest BCUT2D eigenvalue weighted by molar-refractivity contribution is -0.142. The normalized spacial score (nSPS) is 25.5. The summed E-state index contributed by atoms with van der Waals surface area (Å²) in [5, 5.41) is 15.0. The van der Waals surface area contributed by atoms with E-state index in [0.717, 1.165) is 0 Å². The van der Waals surface area contributed by atoms with Crippen molar-refractivity contribution < 1.29 is 28.2 Å². The Balaban J connectivity index is 1.86. The Kier molecular flexibility index (Phi) is 6.26. The van der Waals surface area contributed by atoms with Crippen LogP contribution in [0, 0.1) is 5.82 Å². The zero-order valence-corrected chi connectivity index (χ0v) is 18.7. The van der Waals surface area contributed by atoms with Gasteiger partial charge < -0.3 is 15.2 Å². The molecule has 33 heavy (non-hydrogen) atoms. The van der Waals surface area contributed by atoms with Crippen molar-refractivity contribution in [2.75, 3.05) is 20.2 Å². The van der Waals surface area contributed by atoms with Crippen LogP contribution in [0.15, 0.2) is 52.1 Å². The van der Waals surface area contributed by atoms with Gasteiger partial charge in [0.05, 0.1) is 12.7 Å². The number of thiazole rings is 1. The number of nitrogens with one attached hydrogen (secondary N) is 1. The molecule has 3 heterocycles. The smallest absolute Gasteiger partial charge is 0.338 e. The first-order valence-electron chi connectivity index (χ1n) is 10.2. The van der Waals surface area contributed by atoms with Gasteiger partial charge in [0.2, 0.25) is 0 Å². The molecule has 2 N–H and O–H groups in total. The SMILES string of the molecule is COC(=O)C1=C(CN2C[C@H](F)C[C@H]2C(=O)O)NC(c2nccs2)=NC1(C)c1ccc(F)cc1. The fraction of sp³-hybridized carbons (Fsp3) is 0.364. The van der Waals surface area contributed by atoms with Gasteiger partial charge in [0.15, 0.2) is 10.8 Å². The predicted molar refractivity (Wildman–Crippen MR) is 117 cm³/mol. The summed E-state index contributed by atoms with van der Waals surface area (Å²) in [5.41, 5.74) is -0.315. The Bertz CT molecular complexity index is 1120. The number of methoxy groups -OCH3 is 1. The number of amidine groups is 1. The molecule has 1 unspecified atom stereocenters. The number of carbonyl (C=O) groups is 2. The number of esters is 1. The van der Waals surface area contributed by atoms with Crippen LogP contribution in [-0.4, -0.2) is 65.2 Å². The van der Waals surface area contributed by atoms with Gasteiger partial charge in [0, 0.05) is 36.8 Å². The number of alkyl halides is 1. The maximum absolute atomic E-state index is 14.1. The van der Waals surface area contributed by atoms with E-state index in [2.05, 4.69) is 10.3 Å². The molecule has 1 saturated heterocycles. The highest BCUT2D eigenvalue weighted by Gasteiger charge is 2.44. The van der Waals surface area contributed by atoms with Crippen molar-refractivity contribution in [3.8, 4) is 0 Å². The maximum Gasteiger partial charge on any atom is 0.338 e. The molecule has 4 rings (SSSR count). The van der Waals surface area contributed by atoms with Gasteiger partial charge in [-0.15, -0.1) is 11.3 Å². The number of ether oxygens (including phenoxy) is 1. The van der Waals surface area contributed by atoms with Crippen molar-refractivity contribution in [3.05, 3.63) is 63.5 Å². The second kappa shape index (κ2) is 8.99. The summed E-state index contributed by atoms with van der Waals surface area (Å²) in [7, 11) is 1.23. The minimum Gasteiger partial charge on any atom is -0.480 e. The van der Waals surface area contributed by atoms with Crippen molar-refractivity contribution in [2.24, 2.45) is 4.99 Å². The number of nitrogens with zero attached hydrogens (tertiary/aromatic N) is 3. The molecule has 2 aliphatic heterocycles. The van der Waals surface area contributed by atoms with Crippen molar-refractivity contribution >= 4 is 29.1 Å². The zero-order chi connectivity index (χ0) is 23.8. The second-order valence-corrected chi connectivity index (χ2v) is 8.86. The molecule has 0 radical (unpaired) electrons. The number of aliphatic imine (C=N–C) groups is 1. The van der Waals surface area contributed by atoms with E-state index in [9.17, 15) is 23.5 Å². The van der Waals surface area contributed by atoms with Crippen LogP contribution < -0.4 is 5.32 Å². The largest absolute Gasteiger partial charge is 0.480 e. The molecule has 2 aliphatic rings. The molecule has 0 spiro atoms. The number of aliphatic carboxylic acids is 1. The highest BCUT2D eigenvalue weighted by Crippen LogP contribution is 2.39. The zero-order valence-electron chi connectivity index (χ0n) is 17.9. The number of hydrogen-bond donors (Lipinski definition) is 2. The summed E-state index contributed by atoms with van der Waals surface area (Å²) in [6, 6.07) is 4.55. The predicted octanol–water partition coefficient (Wildman–Crippen LogP) is 2.47. The highest BCUT2D eigenvalue weighted by atomic mass is 32.1. The Morgan fingerprint density at radius 1 is 1.36 bits per heavy atom. The third-order valence-electron chi connectivity index (χ3n) is 5.82. The van der Waals surface area contributed by atoms with Gasteiger partial charge in [-0.25, -0.2) is 23.6 Å².